The van der Waals surface area contributed by atoms with Crippen LogP contribution in [0.15, 0.2) is 5.11 Å². The van der Waals surface area contributed by atoms with Crippen molar-refractivity contribution in [3.8, 4) is 0 Å². The van der Waals surface area contributed by atoms with Crippen molar-refractivity contribution >= 4 is 5.91 Å². The van der Waals surface area contributed by atoms with Gasteiger partial charge in [0.15, 0.2) is 0 Å². The first-order valence-corrected chi connectivity index (χ1v) is 1.56. The Bertz CT molecular complexity index is 113. The summed E-state index contributed by atoms with van der Waals surface area (Å²) in [5.74, 6) is -0.613. The molecule has 0 spiro atoms. The van der Waals surface area contributed by atoms with Crippen LogP contribution in [0.4, 0.5) is 0 Å². The summed E-state index contributed by atoms with van der Waals surface area (Å²) in [5.41, 5.74) is 12.1. The lowest BCUT2D eigenvalue weighted by atomic mass is 10.7. The first kappa shape index (κ1) is 5.78. The van der Waals surface area contributed by atoms with Gasteiger partial charge in [0.25, 0.3) is 0 Å². The molecule has 5 heteroatoms. The Kier molecular flexibility index (Phi) is 2.47. The molecule has 1 amide bonds. The zero-order chi connectivity index (χ0) is 5.70. The van der Waals surface area contributed by atoms with Crippen LogP contribution in [-0.2, 0) is 4.79 Å². The zero-order valence-electron chi connectivity index (χ0n) is 3.53. The van der Waals surface area contributed by atoms with Crippen molar-refractivity contribution in [2.75, 3.05) is 6.54 Å². The number of nitrogens with zero attached hydrogens (tertiary/aromatic N) is 3. The summed E-state index contributed by atoms with van der Waals surface area (Å²) >= 11 is 0. The van der Waals surface area contributed by atoms with Crippen molar-refractivity contribution in [1.82, 2.24) is 0 Å². The molecule has 0 fully saturated rings. The van der Waals surface area contributed by atoms with Gasteiger partial charge in [-0.2, -0.15) is 0 Å². The lowest BCUT2D eigenvalue weighted by Gasteiger charge is -1.75. The number of amides is 1. The van der Waals surface area contributed by atoms with Gasteiger partial charge in [0.1, 0.15) is 6.54 Å². The van der Waals surface area contributed by atoms with E-state index in [0.29, 0.717) is 0 Å². The summed E-state index contributed by atoms with van der Waals surface area (Å²) in [4.78, 5) is 12.0. The summed E-state index contributed by atoms with van der Waals surface area (Å²) in [6, 6.07) is 0. The third kappa shape index (κ3) is 4.78. The Hall–Kier alpha value is -1.22. The van der Waals surface area contributed by atoms with E-state index in [0.717, 1.165) is 0 Å². The van der Waals surface area contributed by atoms with E-state index in [4.69, 9.17) is 5.53 Å². The molecule has 5 nitrogen and oxygen atoms in total. The topological polar surface area (TPSA) is 91.8 Å². The van der Waals surface area contributed by atoms with Crippen molar-refractivity contribution in [1.29, 1.82) is 0 Å². The fourth-order valence-electron chi connectivity index (χ4n) is 0.101. The van der Waals surface area contributed by atoms with Crippen molar-refractivity contribution in [3.63, 3.8) is 0 Å². The van der Waals surface area contributed by atoms with E-state index >= 15 is 0 Å². The molecule has 0 atom stereocenters. The van der Waals surface area contributed by atoms with Crippen LogP contribution in [-0.4, -0.2) is 12.5 Å². The van der Waals surface area contributed by atoms with Crippen molar-refractivity contribution in [2.45, 2.75) is 0 Å². The molecule has 7 heavy (non-hydrogen) atoms. The Balaban J connectivity index is 3.32. The molecule has 0 unspecified atom stereocenters. The van der Waals surface area contributed by atoms with Gasteiger partial charge in [-0.3, -0.25) is 4.79 Å². The van der Waals surface area contributed by atoms with Gasteiger partial charge in [-0.15, -0.1) is 0 Å². The highest BCUT2D eigenvalue weighted by Crippen LogP contribution is 1.64. The summed E-state index contributed by atoms with van der Waals surface area (Å²) in [6.45, 7) is -0.253. The predicted molar refractivity (Wildman–Crippen MR) is 23.2 cm³/mol. The summed E-state index contributed by atoms with van der Waals surface area (Å²) < 4.78 is 0. The molecule has 0 aliphatic rings. The highest BCUT2D eigenvalue weighted by molar-refractivity contribution is 5.75. The van der Waals surface area contributed by atoms with Crippen molar-refractivity contribution in [3.05, 3.63) is 10.4 Å². The van der Waals surface area contributed by atoms with Gasteiger partial charge in [0, 0.05) is 4.91 Å². The third-order valence-electron chi connectivity index (χ3n) is 0.290. The number of azide groups is 1. The fraction of sp³-hybridized carbons (Fsp3) is 0.500. The van der Waals surface area contributed by atoms with E-state index in [-0.39, 0.29) is 6.54 Å². The Morgan fingerprint density at radius 1 is 2.00 bits per heavy atom. The van der Waals surface area contributed by atoms with Gasteiger partial charge in [-0.1, -0.05) is 5.11 Å². The van der Waals surface area contributed by atoms with Crippen LogP contribution in [0.2, 0.25) is 0 Å². The second-order valence-electron chi connectivity index (χ2n) is 0.855. The van der Waals surface area contributed by atoms with Crippen LogP contribution >= 0.6 is 0 Å². The number of hydrogen-bond acceptors (Lipinski definition) is 2. The van der Waals surface area contributed by atoms with Crippen molar-refractivity contribution < 1.29 is 4.79 Å². The number of primary amides is 1. The smallest absolute Gasteiger partial charge is 0.223 e. The second kappa shape index (κ2) is 2.99. The van der Waals surface area contributed by atoms with E-state index in [2.05, 4.69) is 15.8 Å². The average molecular weight is 100 g/mol. The lowest BCUT2D eigenvalue weighted by Crippen LogP contribution is -2.13. The number of rotatable bonds is 2. The molecule has 38 valence electrons. The van der Waals surface area contributed by atoms with Gasteiger partial charge in [-0.25, -0.2) is 0 Å². The second-order valence-corrected chi connectivity index (χ2v) is 0.855. The molecule has 2 N–H and O–H groups in total. The molecule has 0 aromatic heterocycles. The maximum absolute atomic E-state index is 9.72. The SMILES string of the molecule is [N-]=[N+]=NCC(N)=O. The van der Waals surface area contributed by atoms with E-state index in [1.165, 1.54) is 0 Å². The molecule has 0 bridgehead atoms. The highest BCUT2D eigenvalue weighted by Gasteiger charge is 1.83. The molecule has 0 aromatic rings. The first-order chi connectivity index (χ1) is 3.27. The molecule has 0 radical (unpaired) electrons. The van der Waals surface area contributed by atoms with Crippen LogP contribution < -0.4 is 5.73 Å². The van der Waals surface area contributed by atoms with E-state index in [1.807, 2.05) is 0 Å². The first-order valence-electron chi connectivity index (χ1n) is 1.56. The van der Waals surface area contributed by atoms with Crippen LogP contribution in [0.3, 0.4) is 0 Å². The van der Waals surface area contributed by atoms with E-state index < -0.39 is 5.91 Å². The lowest BCUT2D eigenvalue weighted by molar-refractivity contribution is -0.116. The summed E-state index contributed by atoms with van der Waals surface area (Å²) in [7, 11) is 0. The molecule has 0 saturated carbocycles. The van der Waals surface area contributed by atoms with Crippen LogP contribution in [0.5, 0.6) is 0 Å². The minimum atomic E-state index is -0.613. The number of hydrogen-bond donors (Lipinski definition) is 1. The number of carbonyl (C=O) groups excluding carboxylic acids is 1. The predicted octanol–water partition coefficient (Wildman–Crippen LogP) is -0.218. The normalized spacial score (nSPS) is 6.86. The van der Waals surface area contributed by atoms with Crippen LogP contribution in [0, 0.1) is 0 Å². The minimum absolute atomic E-state index is 0.253. The molecular weight excluding hydrogens is 96.0 g/mol. The fourth-order valence-corrected chi connectivity index (χ4v) is 0.101. The van der Waals surface area contributed by atoms with Crippen LogP contribution in [0.1, 0.15) is 0 Å². The van der Waals surface area contributed by atoms with Gasteiger partial charge >= 0.3 is 0 Å². The third-order valence-corrected chi connectivity index (χ3v) is 0.290. The van der Waals surface area contributed by atoms with E-state index in [9.17, 15) is 4.79 Å². The molecule has 0 saturated heterocycles. The molecule has 0 heterocycles. The Labute approximate surface area is 39.7 Å². The van der Waals surface area contributed by atoms with Gasteiger partial charge < -0.3 is 5.73 Å². The zero-order valence-corrected chi connectivity index (χ0v) is 3.53. The molecule has 0 rings (SSSR count). The van der Waals surface area contributed by atoms with Gasteiger partial charge in [-0.05, 0) is 5.53 Å². The highest BCUT2D eigenvalue weighted by atomic mass is 16.1. The Morgan fingerprint density at radius 3 is 2.71 bits per heavy atom. The van der Waals surface area contributed by atoms with E-state index in [1.54, 1.807) is 0 Å². The molecule has 0 aliphatic carbocycles. The largest absolute Gasteiger partial charge is 0.370 e. The summed E-state index contributed by atoms with van der Waals surface area (Å²) in [6.07, 6.45) is 0. The van der Waals surface area contributed by atoms with Crippen LogP contribution in [0.25, 0.3) is 10.4 Å². The summed E-state index contributed by atoms with van der Waals surface area (Å²) in [5, 5.41) is 2.88. The van der Waals surface area contributed by atoms with Gasteiger partial charge in [0.2, 0.25) is 5.91 Å². The van der Waals surface area contributed by atoms with Gasteiger partial charge in [0.05, 0.1) is 0 Å². The number of nitrogens with two attached hydrogens (primary N) is 1. The van der Waals surface area contributed by atoms with Crippen molar-refractivity contribution in [2.24, 2.45) is 10.8 Å². The minimum Gasteiger partial charge on any atom is -0.370 e. The maximum Gasteiger partial charge on any atom is 0.223 e. The monoisotopic (exact) mass is 100 g/mol. The molecular formula is C2H4N4O. The molecule has 0 aromatic carbocycles. The molecule has 0 aliphatic heterocycles. The average Bonchev–Trinajstić information content (AvgIpc) is 1.61. The maximum atomic E-state index is 9.72. The quantitative estimate of drug-likeness (QED) is 0.290. The number of carbonyl (C=O) groups is 1. The standard InChI is InChI=1S/C2H4N4O/c3-2(7)1-5-6-4/h1H2,(H2,3,7). The Morgan fingerprint density at radius 2 is 2.57 bits per heavy atom.